The van der Waals surface area contributed by atoms with Gasteiger partial charge in [-0.3, -0.25) is 9.67 Å². The van der Waals surface area contributed by atoms with Crippen molar-refractivity contribution in [1.82, 2.24) is 14.8 Å². The van der Waals surface area contributed by atoms with Crippen molar-refractivity contribution in [2.75, 3.05) is 0 Å². The molecule has 1 N–H and O–H groups in total. The van der Waals surface area contributed by atoms with Gasteiger partial charge in [0, 0.05) is 11.1 Å². The van der Waals surface area contributed by atoms with E-state index < -0.39 is 0 Å². The van der Waals surface area contributed by atoms with Gasteiger partial charge in [0.25, 0.3) is 0 Å². The highest BCUT2D eigenvalue weighted by atomic mass is 35.5. The molecule has 96 valence electrons. The second-order valence-electron chi connectivity index (χ2n) is 5.30. The Morgan fingerprint density at radius 2 is 2.00 bits per heavy atom. The van der Waals surface area contributed by atoms with E-state index >= 15 is 0 Å². The molecule has 1 aromatic carbocycles. The number of rotatable bonds is 1. The third kappa shape index (κ3) is 2.22. The fraction of sp³-hybridized carbons (Fsp3) is 0.385. The van der Waals surface area contributed by atoms with Crippen LogP contribution in [0.15, 0.2) is 18.2 Å². The highest BCUT2D eigenvalue weighted by Crippen LogP contribution is 2.31. The molecule has 0 saturated heterocycles. The molecule has 0 spiro atoms. The molecular weight excluding hydrogens is 266 g/mol. The summed E-state index contributed by atoms with van der Waals surface area (Å²) in [4.78, 5) is 0. The molecule has 3 nitrogen and oxygen atoms in total. The highest BCUT2D eigenvalue weighted by Gasteiger charge is 2.21. The van der Waals surface area contributed by atoms with E-state index in [0.29, 0.717) is 4.77 Å². The molecule has 0 aliphatic heterocycles. The van der Waals surface area contributed by atoms with Gasteiger partial charge < -0.3 is 0 Å². The summed E-state index contributed by atoms with van der Waals surface area (Å²) in [5.74, 6) is 0.779. The van der Waals surface area contributed by atoms with Crippen molar-refractivity contribution in [3.63, 3.8) is 0 Å². The first-order valence-electron chi connectivity index (χ1n) is 5.76. The standard InChI is InChI=1S/C13H16ClN3S/c1-8-6-5-7-9(10(8)14)11-15-16-12(18)17(11)13(2,3)4/h5-7H,1-4H3,(H,16,18). The second-order valence-corrected chi connectivity index (χ2v) is 6.06. The van der Waals surface area contributed by atoms with Gasteiger partial charge in [-0.1, -0.05) is 23.7 Å². The molecule has 0 saturated carbocycles. The number of benzene rings is 1. The highest BCUT2D eigenvalue weighted by molar-refractivity contribution is 7.71. The Morgan fingerprint density at radius 3 is 2.61 bits per heavy atom. The van der Waals surface area contributed by atoms with Gasteiger partial charge in [-0.15, -0.1) is 0 Å². The monoisotopic (exact) mass is 281 g/mol. The first kappa shape index (κ1) is 13.3. The van der Waals surface area contributed by atoms with Crippen LogP contribution in [0.4, 0.5) is 0 Å². The first-order chi connectivity index (χ1) is 8.32. The number of nitrogens with zero attached hydrogens (tertiary/aromatic N) is 2. The van der Waals surface area contributed by atoms with E-state index in [4.69, 9.17) is 23.8 Å². The van der Waals surface area contributed by atoms with E-state index in [-0.39, 0.29) is 5.54 Å². The zero-order valence-corrected chi connectivity index (χ0v) is 12.5. The fourth-order valence-electron chi connectivity index (χ4n) is 1.92. The first-order valence-corrected chi connectivity index (χ1v) is 6.54. The molecule has 0 radical (unpaired) electrons. The molecule has 0 atom stereocenters. The Hall–Kier alpha value is -1.13. The molecular formula is C13H16ClN3S. The average molecular weight is 282 g/mol. The van der Waals surface area contributed by atoms with E-state index in [0.717, 1.165) is 22.0 Å². The number of hydrogen-bond acceptors (Lipinski definition) is 2. The van der Waals surface area contributed by atoms with E-state index in [1.807, 2.05) is 29.7 Å². The maximum Gasteiger partial charge on any atom is 0.195 e. The van der Waals surface area contributed by atoms with Crippen LogP contribution in [0.3, 0.4) is 0 Å². The Kier molecular flexibility index (Phi) is 3.34. The lowest BCUT2D eigenvalue weighted by atomic mass is 10.1. The number of aromatic amines is 1. The lowest BCUT2D eigenvalue weighted by Gasteiger charge is -2.23. The van der Waals surface area contributed by atoms with Crippen molar-refractivity contribution in [2.45, 2.75) is 33.2 Å². The van der Waals surface area contributed by atoms with Gasteiger partial charge in [-0.2, -0.15) is 5.10 Å². The Bertz CT molecular complexity index is 634. The van der Waals surface area contributed by atoms with Gasteiger partial charge >= 0.3 is 0 Å². The molecule has 0 unspecified atom stereocenters. The summed E-state index contributed by atoms with van der Waals surface area (Å²) in [6.07, 6.45) is 0. The van der Waals surface area contributed by atoms with Crippen LogP contribution in [0.1, 0.15) is 26.3 Å². The largest absolute Gasteiger partial charge is 0.295 e. The molecule has 0 fully saturated rings. The topological polar surface area (TPSA) is 33.6 Å². The SMILES string of the molecule is Cc1cccc(-c2n[nH]c(=S)n2C(C)(C)C)c1Cl. The summed E-state index contributed by atoms with van der Waals surface area (Å²) < 4.78 is 2.60. The number of hydrogen-bond donors (Lipinski definition) is 1. The predicted molar refractivity (Wildman–Crippen MR) is 77.6 cm³/mol. The normalized spacial score (nSPS) is 11.8. The molecule has 0 aliphatic rings. The predicted octanol–water partition coefficient (Wildman–Crippen LogP) is 4.32. The van der Waals surface area contributed by atoms with Crippen molar-refractivity contribution in [3.05, 3.63) is 33.6 Å². The van der Waals surface area contributed by atoms with Crippen LogP contribution in [0.25, 0.3) is 11.4 Å². The summed E-state index contributed by atoms with van der Waals surface area (Å²) in [7, 11) is 0. The third-order valence-electron chi connectivity index (χ3n) is 2.78. The van der Waals surface area contributed by atoms with Crippen LogP contribution in [-0.4, -0.2) is 14.8 Å². The third-order valence-corrected chi connectivity index (χ3v) is 3.55. The number of nitrogens with one attached hydrogen (secondary N) is 1. The minimum Gasteiger partial charge on any atom is -0.295 e. The van der Waals surface area contributed by atoms with Gasteiger partial charge in [0.05, 0.1) is 5.02 Å². The van der Waals surface area contributed by atoms with Crippen LogP contribution in [0.2, 0.25) is 5.02 Å². The van der Waals surface area contributed by atoms with Crippen molar-refractivity contribution < 1.29 is 0 Å². The maximum absolute atomic E-state index is 6.36. The maximum atomic E-state index is 6.36. The molecule has 0 bridgehead atoms. The number of aromatic nitrogens is 3. The van der Waals surface area contributed by atoms with Crippen LogP contribution in [0.5, 0.6) is 0 Å². The van der Waals surface area contributed by atoms with Crippen LogP contribution < -0.4 is 0 Å². The van der Waals surface area contributed by atoms with Crippen LogP contribution >= 0.6 is 23.8 Å². The molecule has 0 aliphatic carbocycles. The molecule has 2 rings (SSSR count). The van der Waals surface area contributed by atoms with Crippen LogP contribution in [-0.2, 0) is 5.54 Å². The van der Waals surface area contributed by atoms with E-state index in [2.05, 4.69) is 31.0 Å². The van der Waals surface area contributed by atoms with Crippen molar-refractivity contribution >= 4 is 23.8 Å². The molecule has 18 heavy (non-hydrogen) atoms. The van der Waals surface area contributed by atoms with E-state index in [1.165, 1.54) is 0 Å². The summed E-state index contributed by atoms with van der Waals surface area (Å²) in [6, 6.07) is 5.91. The van der Waals surface area contributed by atoms with Gasteiger partial charge in [0.2, 0.25) is 0 Å². The minimum absolute atomic E-state index is 0.146. The number of aryl methyl sites for hydroxylation is 1. The summed E-state index contributed by atoms with van der Waals surface area (Å²) in [5, 5.41) is 7.88. The molecule has 0 amide bonds. The molecule has 5 heteroatoms. The van der Waals surface area contributed by atoms with E-state index in [9.17, 15) is 0 Å². The summed E-state index contributed by atoms with van der Waals surface area (Å²) >= 11 is 11.7. The average Bonchev–Trinajstić information content (AvgIpc) is 2.64. The lowest BCUT2D eigenvalue weighted by Crippen LogP contribution is -2.23. The number of H-pyrrole nitrogens is 1. The van der Waals surface area contributed by atoms with Gasteiger partial charge in [0.15, 0.2) is 10.6 Å². The van der Waals surface area contributed by atoms with Gasteiger partial charge in [-0.05, 0) is 51.5 Å². The minimum atomic E-state index is -0.146. The molecule has 2 aromatic rings. The van der Waals surface area contributed by atoms with Crippen molar-refractivity contribution in [3.8, 4) is 11.4 Å². The second kappa shape index (κ2) is 4.52. The number of halogens is 1. The van der Waals surface area contributed by atoms with Crippen molar-refractivity contribution in [2.24, 2.45) is 0 Å². The zero-order chi connectivity index (χ0) is 13.5. The van der Waals surface area contributed by atoms with Gasteiger partial charge in [-0.25, -0.2) is 0 Å². The summed E-state index contributed by atoms with van der Waals surface area (Å²) in [6.45, 7) is 8.25. The Balaban J connectivity index is 2.74. The lowest BCUT2D eigenvalue weighted by molar-refractivity contribution is 0.395. The van der Waals surface area contributed by atoms with Gasteiger partial charge in [0.1, 0.15) is 0 Å². The Labute approximate surface area is 117 Å². The fourth-order valence-corrected chi connectivity index (χ4v) is 2.54. The smallest absolute Gasteiger partial charge is 0.195 e. The molecule has 1 heterocycles. The summed E-state index contributed by atoms with van der Waals surface area (Å²) in [5.41, 5.74) is 1.79. The van der Waals surface area contributed by atoms with Crippen LogP contribution in [0, 0.1) is 11.7 Å². The van der Waals surface area contributed by atoms with Crippen molar-refractivity contribution in [1.29, 1.82) is 0 Å². The molecule has 1 aromatic heterocycles. The van der Waals surface area contributed by atoms with E-state index in [1.54, 1.807) is 0 Å². The zero-order valence-electron chi connectivity index (χ0n) is 10.9. The quantitative estimate of drug-likeness (QED) is 0.790. The Morgan fingerprint density at radius 1 is 1.33 bits per heavy atom.